The molecule has 23 nitrogen and oxygen atoms in total. The van der Waals surface area contributed by atoms with Gasteiger partial charge in [0, 0.05) is 62.5 Å². The molecule has 0 saturated carbocycles. The van der Waals surface area contributed by atoms with Gasteiger partial charge in [-0.25, -0.2) is 14.6 Å². The van der Waals surface area contributed by atoms with E-state index in [0.717, 1.165) is 42.3 Å². The van der Waals surface area contributed by atoms with Gasteiger partial charge in [0.25, 0.3) is 5.97 Å². The molecule has 0 spiro atoms. The maximum Gasteiger partial charge on any atom is 0.368 e. The van der Waals surface area contributed by atoms with Gasteiger partial charge in [-0.1, -0.05) is 60.9 Å². The fourth-order valence-corrected chi connectivity index (χ4v) is 10.8. The van der Waals surface area contributed by atoms with Crippen molar-refractivity contribution in [2.24, 2.45) is 5.10 Å². The number of aliphatic carboxylic acids is 4. The van der Waals surface area contributed by atoms with Crippen molar-refractivity contribution in [2.75, 3.05) is 6.61 Å². The Kier molecular flexibility index (Phi) is 54.0. The Morgan fingerprint density at radius 1 is 0.532 bits per heavy atom. The van der Waals surface area contributed by atoms with E-state index in [1.54, 1.807) is 61.5 Å². The molecule has 7 rings (SSSR count). The van der Waals surface area contributed by atoms with Crippen LogP contribution in [0.2, 0.25) is 0 Å². The maximum absolute atomic E-state index is 12.1. The van der Waals surface area contributed by atoms with Crippen LogP contribution in [0.25, 0.3) is 0 Å². The summed E-state index contributed by atoms with van der Waals surface area (Å²) in [4.78, 5) is 93.6. The Hall–Kier alpha value is -6.68. The number of hydrazone groups is 1. The van der Waals surface area contributed by atoms with Crippen molar-refractivity contribution in [3.05, 3.63) is 178 Å². The molecule has 1 heterocycles. The number of carbonyl (C=O) groups is 9. The second-order valence-electron chi connectivity index (χ2n) is 17.0. The molecule has 0 radical (unpaired) electrons. The van der Waals surface area contributed by atoms with Crippen LogP contribution >= 0.6 is 127 Å². The number of carboxylic acid groups (broad SMARTS) is 4. The van der Waals surface area contributed by atoms with Crippen LogP contribution < -0.4 is 0 Å². The molecular weight excluding hydrogens is 1760 g/mol. The summed E-state index contributed by atoms with van der Waals surface area (Å²) in [7, 11) is 0. The molecule has 13 N–H and O–H groups in total. The van der Waals surface area contributed by atoms with Gasteiger partial charge in [-0.2, -0.15) is 5.10 Å². The Labute approximate surface area is 613 Å². The minimum Gasteiger partial charge on any atom is -0.508 e. The molecule has 1 aliphatic rings. The lowest BCUT2D eigenvalue weighted by molar-refractivity contribution is -0.143. The number of phenolic OH excluding ortho intramolecular Hbond substituents is 6. The normalized spacial score (nSPS) is 10.2. The van der Waals surface area contributed by atoms with Crippen LogP contribution in [-0.4, -0.2) is 132 Å². The van der Waals surface area contributed by atoms with Crippen LogP contribution in [-0.2, 0) is 41.7 Å². The number of hydrogen-bond donors (Lipinski definition) is 11. The van der Waals surface area contributed by atoms with Crippen molar-refractivity contribution < 1.29 is 106 Å². The topological polar surface area (TPSA) is 423 Å². The quantitative estimate of drug-likeness (QED) is 0.0221. The van der Waals surface area contributed by atoms with Crippen LogP contribution in [0.3, 0.4) is 0 Å². The van der Waals surface area contributed by atoms with E-state index in [1.165, 1.54) is 41.8 Å². The number of benzene rings is 6. The van der Waals surface area contributed by atoms with Crippen molar-refractivity contribution in [2.45, 2.75) is 96.1 Å². The first kappa shape index (κ1) is 98.4. The first-order valence-corrected chi connectivity index (χ1v) is 31.2. The minimum absolute atomic E-state index is 0. The lowest BCUT2D eigenvalue weighted by Gasteiger charge is -2.24. The number of Topliss-reactive ketones (excluding diaryl/α,β-unsaturated/α-hetero) is 2. The lowest BCUT2D eigenvalue weighted by atomic mass is 10.0. The SMILES string of the molecule is C.C.C.C.CC(=O)O.CC(=O)c1cc(Br)c(O)c(Br)c1.CCO.CCc1cccc(O)c1.O.O=C(O)/C=C/C(=O)c1cc(Br)c(O)c(Br)c1.O=C(O)CCC(=O)c1cc(Br)c(O)c(Br)c1.O=C1CCC(c2cc(Br)c(O)c(Br)c2)=NN1Cc1cccc(O)c1.O=CC(=O)O.[HH]. The second kappa shape index (κ2) is 51.6. The fourth-order valence-electron chi connectivity index (χ4n) is 6.08. The molecule has 6 aromatic rings. The van der Waals surface area contributed by atoms with Gasteiger partial charge in [0.05, 0.1) is 54.5 Å². The Bertz CT molecular complexity index is 3460. The molecule has 0 saturated heterocycles. The number of carbonyl (C=O) groups excluding carboxylic acids is 5. The van der Waals surface area contributed by atoms with Crippen LogP contribution in [0.15, 0.2) is 150 Å². The number of rotatable bonds is 13. The summed E-state index contributed by atoms with van der Waals surface area (Å²) in [6, 6.07) is 26.6. The van der Waals surface area contributed by atoms with E-state index in [0.29, 0.717) is 72.0 Å². The number of ketones is 3. The highest BCUT2D eigenvalue weighted by atomic mass is 79.9. The summed E-state index contributed by atoms with van der Waals surface area (Å²) in [6.07, 6.45) is 3.18. The number of allylic oxidation sites excluding steroid dienone is 1. The number of aryl methyl sites for hydroxylation is 1. The van der Waals surface area contributed by atoms with E-state index in [-0.39, 0.29) is 114 Å². The number of phenols is 6. The van der Waals surface area contributed by atoms with Crippen molar-refractivity contribution in [1.29, 1.82) is 0 Å². The number of aldehydes is 1. The third-order valence-corrected chi connectivity index (χ3v) is 15.0. The Morgan fingerprint density at radius 2 is 0.883 bits per heavy atom. The summed E-state index contributed by atoms with van der Waals surface area (Å²) in [6.45, 7) is 6.86. The average molecular weight is 1840 g/mol. The standard InChI is InChI=1S/C17H14Br2N2O3.C10H8Br2O4.C10H6Br2O4.C8H6Br2O2.C8H10O.C2H2O3.C2H4O2.C2H6O.4CH4.H2O.H2/c18-13-7-11(8-14(19)17(13)24)15-4-5-16(23)21(20-15)9-10-2-1-3-12(22)6-10;2*11-6-3-5(4-7(12)10(6)16)8(13)1-2-9(14)15;1-4(11)5-2-6(9)8(12)7(10)3-5;1-2-7-4-3-5-8(9)6-7;3-1-2(4)5;1-2(3)4;1-2-3;;;;;;/h1-3,6-8,22,24H,4-5,9H2;3-4,16H,1-2H2,(H,14,15);1-4,16H,(H,14,15);2-3,12H,1H3;3-6,9H,2H2,1H3;1H,(H,4,5);1H3,(H,3,4);3H,2H2,1H3;4*1H4;1H2;1H/b;;2-1+;;;;;;;;;;;. The number of nitrogens with zero attached hydrogens (tertiary/aromatic N) is 2. The Morgan fingerprint density at radius 3 is 1.21 bits per heavy atom. The number of halogens is 8. The molecule has 520 valence electrons. The Balaban J connectivity index is -0.000000197. The van der Waals surface area contributed by atoms with Crippen LogP contribution in [0.4, 0.5) is 0 Å². The number of aliphatic hydroxyl groups is 1. The zero-order chi connectivity index (χ0) is 68.4. The first-order chi connectivity index (χ1) is 41.5. The van der Waals surface area contributed by atoms with Gasteiger partial charge in [0.15, 0.2) is 17.3 Å². The van der Waals surface area contributed by atoms with E-state index >= 15 is 0 Å². The van der Waals surface area contributed by atoms with E-state index in [1.807, 2.05) is 18.2 Å². The van der Waals surface area contributed by atoms with Gasteiger partial charge in [-0.15, -0.1) is 0 Å². The minimum atomic E-state index is -1.43. The van der Waals surface area contributed by atoms with Gasteiger partial charge < -0.3 is 61.6 Å². The van der Waals surface area contributed by atoms with Gasteiger partial charge in [-0.05, 0) is 238 Å². The van der Waals surface area contributed by atoms with Crippen LogP contribution in [0.5, 0.6) is 34.5 Å². The molecular formula is C63H76Br8N2O21. The molecule has 0 atom stereocenters. The highest BCUT2D eigenvalue weighted by Crippen LogP contribution is 2.37. The zero-order valence-electron chi connectivity index (χ0n) is 47.4. The maximum atomic E-state index is 12.1. The van der Waals surface area contributed by atoms with Gasteiger partial charge >= 0.3 is 17.9 Å². The molecule has 1 aliphatic heterocycles. The molecule has 6 aromatic carbocycles. The van der Waals surface area contributed by atoms with E-state index in [2.05, 4.69) is 139 Å². The molecule has 0 aliphatic carbocycles. The van der Waals surface area contributed by atoms with Gasteiger partial charge in [-0.3, -0.25) is 33.6 Å². The second-order valence-corrected chi connectivity index (χ2v) is 23.9. The largest absolute Gasteiger partial charge is 0.508 e. The molecule has 0 bridgehead atoms. The van der Waals surface area contributed by atoms with Gasteiger partial charge in [0.1, 0.15) is 34.5 Å². The zero-order valence-corrected chi connectivity index (χ0v) is 60.1. The number of aromatic hydroxyl groups is 6. The lowest BCUT2D eigenvalue weighted by Crippen LogP contribution is -2.31. The molecule has 94 heavy (non-hydrogen) atoms. The van der Waals surface area contributed by atoms with Gasteiger partial charge in [0.2, 0.25) is 12.2 Å². The van der Waals surface area contributed by atoms with Crippen molar-refractivity contribution in [3.63, 3.8) is 0 Å². The van der Waals surface area contributed by atoms with Crippen molar-refractivity contribution in [1.82, 2.24) is 5.01 Å². The third kappa shape index (κ3) is 39.2. The number of hydrogen-bond acceptors (Lipinski definition) is 17. The fraction of sp³-hybridized carbons (Fsp3) is 0.238. The highest BCUT2D eigenvalue weighted by molar-refractivity contribution is 9.12. The summed E-state index contributed by atoms with van der Waals surface area (Å²) < 4.78 is 3.64. The number of aliphatic hydroxyl groups excluding tert-OH is 1. The summed E-state index contributed by atoms with van der Waals surface area (Å²) in [5.41, 5.74) is 4.78. The summed E-state index contributed by atoms with van der Waals surface area (Å²) in [5.74, 6) is -4.53. The number of amides is 1. The van der Waals surface area contributed by atoms with Crippen LogP contribution in [0.1, 0.15) is 132 Å². The number of carboxylic acids is 4. The summed E-state index contributed by atoms with van der Waals surface area (Å²) in [5, 5.41) is 102. The predicted octanol–water partition coefficient (Wildman–Crippen LogP) is 16.3. The van der Waals surface area contributed by atoms with E-state index in [4.69, 9.17) is 45.0 Å². The smallest absolute Gasteiger partial charge is 0.368 e. The third-order valence-electron chi connectivity index (χ3n) is 10.1. The monoisotopic (exact) mass is 1830 g/mol. The van der Waals surface area contributed by atoms with E-state index < -0.39 is 29.7 Å². The summed E-state index contributed by atoms with van der Waals surface area (Å²) >= 11 is 25.2. The van der Waals surface area contributed by atoms with Crippen molar-refractivity contribution >= 4 is 187 Å². The molecule has 0 unspecified atom stereocenters. The molecule has 0 aromatic heterocycles. The first-order valence-electron chi connectivity index (χ1n) is 24.9. The molecule has 1 amide bonds. The van der Waals surface area contributed by atoms with E-state index in [9.17, 15) is 54.3 Å². The average Bonchev–Trinajstić information content (AvgIpc) is 0.836. The highest BCUT2D eigenvalue weighted by Gasteiger charge is 2.23. The van der Waals surface area contributed by atoms with Crippen LogP contribution in [0, 0.1) is 0 Å². The molecule has 31 heteroatoms. The van der Waals surface area contributed by atoms with Crippen molar-refractivity contribution in [3.8, 4) is 34.5 Å². The molecule has 0 fully saturated rings. The predicted molar refractivity (Wildman–Crippen MR) is 391 cm³/mol.